The third kappa shape index (κ3) is 4.43. The van der Waals surface area contributed by atoms with Crippen LogP contribution in [0.5, 0.6) is 0 Å². The van der Waals surface area contributed by atoms with E-state index in [1.807, 2.05) is 37.3 Å². The molecule has 20 heavy (non-hydrogen) atoms. The first kappa shape index (κ1) is 15.8. The molecule has 1 N–H and O–H groups in total. The predicted molar refractivity (Wildman–Crippen MR) is 76.8 cm³/mol. The Kier molecular flexibility index (Phi) is 5.79. The van der Waals surface area contributed by atoms with E-state index in [-0.39, 0.29) is 0 Å². The topological polar surface area (TPSA) is 55.4 Å². The Balaban J connectivity index is 2.78. The van der Waals surface area contributed by atoms with Crippen LogP contribution in [0.1, 0.15) is 32.3 Å². The van der Waals surface area contributed by atoms with Crippen LogP contribution in [0.25, 0.3) is 0 Å². The first-order valence-electron chi connectivity index (χ1n) is 6.49. The van der Waals surface area contributed by atoms with Crippen LogP contribution in [0.4, 0.5) is 0 Å². The molecule has 1 amide bonds. The van der Waals surface area contributed by atoms with Crippen molar-refractivity contribution in [3.8, 4) is 11.8 Å². The van der Waals surface area contributed by atoms with E-state index in [1.165, 1.54) is 7.11 Å². The minimum atomic E-state index is -1.04. The number of benzene rings is 1. The fourth-order valence-corrected chi connectivity index (χ4v) is 1.87. The average molecular weight is 273 g/mol. The molecule has 0 saturated carbocycles. The van der Waals surface area contributed by atoms with E-state index in [0.717, 1.165) is 12.0 Å². The molecule has 4 nitrogen and oxygen atoms in total. The van der Waals surface area contributed by atoms with Crippen molar-refractivity contribution in [3.05, 3.63) is 35.9 Å². The summed E-state index contributed by atoms with van der Waals surface area (Å²) in [5.41, 5.74) is -0.288. The van der Waals surface area contributed by atoms with Gasteiger partial charge < -0.3 is 10.1 Å². The molecule has 0 fully saturated rings. The Bertz CT molecular complexity index is 528. The summed E-state index contributed by atoms with van der Waals surface area (Å²) in [6.07, 6.45) is 1.25. The molecular formula is C16H19NO3. The van der Waals surface area contributed by atoms with Crippen LogP contribution < -0.4 is 5.32 Å². The molecule has 0 aromatic heterocycles. The van der Waals surface area contributed by atoms with Crippen LogP contribution in [0.15, 0.2) is 30.3 Å². The van der Waals surface area contributed by atoms with Crippen molar-refractivity contribution in [2.75, 3.05) is 7.11 Å². The number of methoxy groups -OCH3 is 1. The zero-order chi connectivity index (χ0) is 15.0. The molecule has 4 heteroatoms. The number of amides is 1. The highest BCUT2D eigenvalue weighted by Crippen LogP contribution is 2.14. The summed E-state index contributed by atoms with van der Waals surface area (Å²) < 4.78 is 4.73. The number of hydrogen-bond donors (Lipinski definition) is 1. The van der Waals surface area contributed by atoms with Gasteiger partial charge in [-0.1, -0.05) is 37.5 Å². The third-order valence-corrected chi connectivity index (χ3v) is 2.87. The molecule has 0 spiro atoms. The van der Waals surface area contributed by atoms with Crippen molar-refractivity contribution >= 4 is 11.9 Å². The molecule has 1 aromatic carbocycles. The maximum atomic E-state index is 11.8. The highest BCUT2D eigenvalue weighted by atomic mass is 16.5. The highest BCUT2D eigenvalue weighted by Gasteiger charge is 2.34. The van der Waals surface area contributed by atoms with Gasteiger partial charge in [-0.2, -0.15) is 0 Å². The van der Waals surface area contributed by atoms with Gasteiger partial charge in [-0.15, -0.1) is 0 Å². The average Bonchev–Trinajstić information content (AvgIpc) is 2.45. The molecular weight excluding hydrogens is 254 g/mol. The molecule has 0 bridgehead atoms. The van der Waals surface area contributed by atoms with Crippen LogP contribution >= 0.6 is 0 Å². The van der Waals surface area contributed by atoms with Crippen molar-refractivity contribution in [3.63, 3.8) is 0 Å². The van der Waals surface area contributed by atoms with E-state index < -0.39 is 17.4 Å². The van der Waals surface area contributed by atoms with E-state index in [9.17, 15) is 9.59 Å². The lowest BCUT2D eigenvalue weighted by Gasteiger charge is -2.26. The number of ether oxygens (including phenoxy) is 1. The smallest absolute Gasteiger partial charge is 0.331 e. The normalized spacial score (nSPS) is 12.6. The monoisotopic (exact) mass is 273 g/mol. The zero-order valence-electron chi connectivity index (χ0n) is 12.0. The maximum absolute atomic E-state index is 11.8. The van der Waals surface area contributed by atoms with Crippen LogP contribution in [0.2, 0.25) is 0 Å². The second kappa shape index (κ2) is 7.34. The number of carbonyl (C=O) groups excluding carboxylic acids is 2. The minimum Gasteiger partial charge on any atom is -0.467 e. The van der Waals surface area contributed by atoms with Gasteiger partial charge in [0, 0.05) is 11.5 Å². The van der Waals surface area contributed by atoms with Gasteiger partial charge in [0.2, 0.25) is 0 Å². The molecule has 0 radical (unpaired) electrons. The molecule has 1 rings (SSSR count). The minimum absolute atomic E-state index is 0.464. The maximum Gasteiger partial charge on any atom is 0.331 e. The first-order chi connectivity index (χ1) is 9.51. The lowest BCUT2D eigenvalue weighted by molar-refractivity contribution is -0.149. The van der Waals surface area contributed by atoms with Gasteiger partial charge >= 0.3 is 5.97 Å². The third-order valence-electron chi connectivity index (χ3n) is 2.87. The molecule has 0 aliphatic heterocycles. The standard InChI is InChI=1S/C16H19NO3/c1-4-12-16(2,15(19)20-3)17-14(18)11-10-13-8-6-5-7-9-13/h5-9H,4,12H2,1-3H3,(H,17,18). The second-order valence-corrected chi connectivity index (χ2v) is 4.64. The highest BCUT2D eigenvalue weighted by molar-refractivity contribution is 5.97. The van der Waals surface area contributed by atoms with Gasteiger partial charge in [-0.25, -0.2) is 4.79 Å². The molecule has 0 aliphatic carbocycles. The summed E-state index contributed by atoms with van der Waals surface area (Å²) in [6, 6.07) is 9.19. The van der Waals surface area contributed by atoms with Crippen LogP contribution in [0.3, 0.4) is 0 Å². The quantitative estimate of drug-likeness (QED) is 0.673. The van der Waals surface area contributed by atoms with Gasteiger partial charge in [0.1, 0.15) is 5.54 Å². The molecule has 0 aliphatic rings. The Labute approximate surface area is 119 Å². The van der Waals surface area contributed by atoms with Gasteiger partial charge in [0.25, 0.3) is 5.91 Å². The predicted octanol–water partition coefficient (Wildman–Crippen LogP) is 1.89. The lowest BCUT2D eigenvalue weighted by Crippen LogP contribution is -2.52. The SMILES string of the molecule is CCCC(C)(NC(=O)C#Cc1ccccc1)C(=O)OC. The van der Waals surface area contributed by atoms with E-state index in [0.29, 0.717) is 6.42 Å². The summed E-state index contributed by atoms with van der Waals surface area (Å²) in [7, 11) is 1.30. The van der Waals surface area contributed by atoms with E-state index in [2.05, 4.69) is 17.2 Å². The number of rotatable bonds is 4. The van der Waals surface area contributed by atoms with Gasteiger partial charge in [-0.05, 0) is 25.5 Å². The molecule has 0 saturated heterocycles. The summed E-state index contributed by atoms with van der Waals surface area (Å²) in [5, 5.41) is 2.63. The van der Waals surface area contributed by atoms with Gasteiger partial charge in [-0.3, -0.25) is 4.79 Å². The first-order valence-corrected chi connectivity index (χ1v) is 6.49. The Morgan fingerprint density at radius 2 is 1.95 bits per heavy atom. The van der Waals surface area contributed by atoms with Crippen LogP contribution in [0, 0.1) is 11.8 Å². The van der Waals surface area contributed by atoms with E-state index in [1.54, 1.807) is 6.92 Å². The Morgan fingerprint density at radius 1 is 1.30 bits per heavy atom. The number of esters is 1. The summed E-state index contributed by atoms with van der Waals surface area (Å²) in [5.74, 6) is 4.28. The number of nitrogens with one attached hydrogen (secondary N) is 1. The summed E-state index contributed by atoms with van der Waals surface area (Å²) in [6.45, 7) is 3.58. The largest absolute Gasteiger partial charge is 0.467 e. The summed E-state index contributed by atoms with van der Waals surface area (Å²) >= 11 is 0. The molecule has 1 atom stereocenters. The fraction of sp³-hybridized carbons (Fsp3) is 0.375. The van der Waals surface area contributed by atoms with Crippen molar-refractivity contribution in [1.29, 1.82) is 0 Å². The molecule has 106 valence electrons. The lowest BCUT2D eigenvalue weighted by atomic mass is 9.96. The second-order valence-electron chi connectivity index (χ2n) is 4.64. The summed E-state index contributed by atoms with van der Waals surface area (Å²) in [4.78, 5) is 23.6. The zero-order valence-corrected chi connectivity index (χ0v) is 12.0. The van der Waals surface area contributed by atoms with Crippen LogP contribution in [-0.2, 0) is 14.3 Å². The van der Waals surface area contributed by atoms with E-state index in [4.69, 9.17) is 4.74 Å². The van der Waals surface area contributed by atoms with Crippen LogP contribution in [-0.4, -0.2) is 24.5 Å². The van der Waals surface area contributed by atoms with Crippen molar-refractivity contribution in [2.45, 2.75) is 32.2 Å². The Morgan fingerprint density at radius 3 is 2.50 bits per heavy atom. The Hall–Kier alpha value is -2.28. The van der Waals surface area contributed by atoms with Crippen molar-refractivity contribution in [1.82, 2.24) is 5.32 Å². The van der Waals surface area contributed by atoms with Gasteiger partial charge in [0.05, 0.1) is 7.11 Å². The van der Waals surface area contributed by atoms with E-state index >= 15 is 0 Å². The number of carbonyl (C=O) groups is 2. The van der Waals surface area contributed by atoms with Crippen molar-refractivity contribution < 1.29 is 14.3 Å². The molecule has 1 unspecified atom stereocenters. The molecule has 0 heterocycles. The van der Waals surface area contributed by atoms with Gasteiger partial charge in [0.15, 0.2) is 0 Å². The number of hydrogen-bond acceptors (Lipinski definition) is 3. The molecule has 1 aromatic rings. The fourth-order valence-electron chi connectivity index (χ4n) is 1.87. The van der Waals surface area contributed by atoms with Crippen molar-refractivity contribution in [2.24, 2.45) is 0 Å².